The van der Waals surface area contributed by atoms with Crippen molar-refractivity contribution in [3.63, 3.8) is 0 Å². The van der Waals surface area contributed by atoms with E-state index in [0.717, 1.165) is 5.56 Å². The van der Waals surface area contributed by atoms with Gasteiger partial charge in [0.25, 0.3) is 5.69 Å². The molecule has 7 heteroatoms. The van der Waals surface area contributed by atoms with Gasteiger partial charge in [0, 0.05) is 16.6 Å². The standard InChI is InChI=1S/C14H13BrN2O3S/c1-9-5-6-11(16)7-13(9)21(20)8-10-3-2-4-12(14(10)15)17(18)19/h2-7H,8,16H2,1H3. The minimum atomic E-state index is -1.32. The lowest BCUT2D eigenvalue weighted by molar-refractivity contribution is -0.385. The molecule has 0 amide bonds. The minimum Gasteiger partial charge on any atom is -0.399 e. The monoisotopic (exact) mass is 368 g/mol. The molecule has 2 rings (SSSR count). The Morgan fingerprint density at radius 2 is 2.05 bits per heavy atom. The molecule has 0 aromatic heterocycles. The van der Waals surface area contributed by atoms with Gasteiger partial charge in [0.2, 0.25) is 0 Å². The first kappa shape index (κ1) is 15.7. The molecule has 0 heterocycles. The molecule has 21 heavy (non-hydrogen) atoms. The zero-order valence-corrected chi connectivity index (χ0v) is 13.6. The summed E-state index contributed by atoms with van der Waals surface area (Å²) in [6.45, 7) is 1.86. The van der Waals surface area contributed by atoms with Gasteiger partial charge in [-0.2, -0.15) is 0 Å². The highest BCUT2D eigenvalue weighted by Crippen LogP contribution is 2.30. The average Bonchev–Trinajstić information content (AvgIpc) is 2.43. The van der Waals surface area contributed by atoms with Crippen molar-refractivity contribution in [2.24, 2.45) is 0 Å². The van der Waals surface area contributed by atoms with Crippen LogP contribution in [0.5, 0.6) is 0 Å². The largest absolute Gasteiger partial charge is 0.399 e. The lowest BCUT2D eigenvalue weighted by Gasteiger charge is -2.08. The third-order valence-electron chi connectivity index (χ3n) is 3.00. The fourth-order valence-electron chi connectivity index (χ4n) is 1.90. The van der Waals surface area contributed by atoms with Crippen molar-refractivity contribution in [2.45, 2.75) is 17.6 Å². The Morgan fingerprint density at radius 1 is 1.33 bits per heavy atom. The second kappa shape index (κ2) is 6.36. The molecule has 1 unspecified atom stereocenters. The molecule has 5 nitrogen and oxygen atoms in total. The SMILES string of the molecule is Cc1ccc(N)cc1S(=O)Cc1cccc([N+](=O)[O-])c1Br. The quantitative estimate of drug-likeness (QED) is 0.507. The van der Waals surface area contributed by atoms with E-state index >= 15 is 0 Å². The molecule has 0 saturated carbocycles. The van der Waals surface area contributed by atoms with E-state index < -0.39 is 15.7 Å². The van der Waals surface area contributed by atoms with Crippen LogP contribution in [0.15, 0.2) is 45.8 Å². The van der Waals surface area contributed by atoms with Gasteiger partial charge in [-0.05, 0) is 46.1 Å². The molecule has 1 atom stereocenters. The predicted octanol–water partition coefficient (Wildman–Crippen LogP) is 3.56. The summed E-state index contributed by atoms with van der Waals surface area (Å²) in [5.74, 6) is 0.187. The highest BCUT2D eigenvalue weighted by Gasteiger charge is 2.17. The number of nitro groups is 1. The molecule has 110 valence electrons. The normalized spacial score (nSPS) is 12.1. The second-order valence-corrected chi connectivity index (χ2v) is 6.73. The molecule has 0 aliphatic carbocycles. The maximum absolute atomic E-state index is 12.5. The zero-order chi connectivity index (χ0) is 15.6. The summed E-state index contributed by atoms with van der Waals surface area (Å²) in [5, 5.41) is 10.9. The second-order valence-electron chi connectivity index (χ2n) is 4.52. The molecule has 2 N–H and O–H groups in total. The van der Waals surface area contributed by atoms with E-state index in [9.17, 15) is 14.3 Å². The van der Waals surface area contributed by atoms with Crippen LogP contribution in [-0.2, 0) is 16.6 Å². The lowest BCUT2D eigenvalue weighted by atomic mass is 10.2. The van der Waals surface area contributed by atoms with Gasteiger partial charge in [-0.1, -0.05) is 18.2 Å². The van der Waals surface area contributed by atoms with Crippen LogP contribution in [0.2, 0.25) is 0 Å². The zero-order valence-electron chi connectivity index (χ0n) is 11.2. The van der Waals surface area contributed by atoms with Gasteiger partial charge in [0.05, 0.1) is 25.9 Å². The Morgan fingerprint density at radius 3 is 2.71 bits per heavy atom. The van der Waals surface area contributed by atoms with E-state index in [1.165, 1.54) is 6.07 Å². The van der Waals surface area contributed by atoms with Crippen molar-refractivity contribution < 1.29 is 9.13 Å². The fraction of sp³-hybridized carbons (Fsp3) is 0.143. The third kappa shape index (κ3) is 3.48. The first-order valence-electron chi connectivity index (χ1n) is 6.06. The van der Waals surface area contributed by atoms with E-state index in [2.05, 4.69) is 15.9 Å². The van der Waals surface area contributed by atoms with Crippen LogP contribution in [0, 0.1) is 17.0 Å². The number of rotatable bonds is 4. The molecule has 0 fully saturated rings. The van der Waals surface area contributed by atoms with Crippen molar-refractivity contribution in [1.82, 2.24) is 0 Å². The van der Waals surface area contributed by atoms with E-state index in [-0.39, 0.29) is 11.4 Å². The number of hydrogen-bond donors (Lipinski definition) is 1. The molecule has 2 aromatic carbocycles. The smallest absolute Gasteiger partial charge is 0.283 e. The van der Waals surface area contributed by atoms with Crippen LogP contribution in [0.25, 0.3) is 0 Å². The minimum absolute atomic E-state index is 0.0335. The van der Waals surface area contributed by atoms with E-state index in [1.807, 2.05) is 13.0 Å². The van der Waals surface area contributed by atoms with Crippen LogP contribution in [0.4, 0.5) is 11.4 Å². The van der Waals surface area contributed by atoms with Gasteiger partial charge < -0.3 is 5.73 Å². The van der Waals surface area contributed by atoms with Gasteiger partial charge in [0.1, 0.15) is 0 Å². The molecule has 2 aromatic rings. The van der Waals surface area contributed by atoms with Crippen molar-refractivity contribution in [3.05, 3.63) is 62.1 Å². The summed E-state index contributed by atoms with van der Waals surface area (Å²) in [6, 6.07) is 9.95. The Kier molecular flexibility index (Phi) is 4.74. The van der Waals surface area contributed by atoms with Crippen LogP contribution >= 0.6 is 15.9 Å². The maximum atomic E-state index is 12.5. The molecule has 0 aliphatic rings. The van der Waals surface area contributed by atoms with Gasteiger partial charge >= 0.3 is 0 Å². The number of hydrogen-bond acceptors (Lipinski definition) is 4. The van der Waals surface area contributed by atoms with Crippen LogP contribution in [0.3, 0.4) is 0 Å². The van der Waals surface area contributed by atoms with Crippen molar-refractivity contribution in [1.29, 1.82) is 0 Å². The number of nitrogens with two attached hydrogens (primary N) is 1. The summed E-state index contributed by atoms with van der Waals surface area (Å²) < 4.78 is 12.9. The molecular formula is C14H13BrN2O3S. The van der Waals surface area contributed by atoms with E-state index in [4.69, 9.17) is 5.73 Å². The van der Waals surface area contributed by atoms with Gasteiger partial charge in [0.15, 0.2) is 0 Å². The van der Waals surface area contributed by atoms with Crippen molar-refractivity contribution >= 4 is 38.1 Å². The van der Waals surface area contributed by atoms with Crippen LogP contribution in [-0.4, -0.2) is 9.13 Å². The number of halogens is 1. The number of aryl methyl sites for hydroxylation is 1. The highest BCUT2D eigenvalue weighted by molar-refractivity contribution is 9.10. The number of anilines is 1. The van der Waals surface area contributed by atoms with E-state index in [1.54, 1.807) is 24.3 Å². The van der Waals surface area contributed by atoms with Crippen molar-refractivity contribution in [3.8, 4) is 0 Å². The fourth-order valence-corrected chi connectivity index (χ4v) is 4.01. The molecule has 0 bridgehead atoms. The highest BCUT2D eigenvalue weighted by atomic mass is 79.9. The van der Waals surface area contributed by atoms with Crippen LogP contribution < -0.4 is 5.73 Å². The van der Waals surface area contributed by atoms with Gasteiger partial charge in [-0.15, -0.1) is 0 Å². The number of nitro benzene ring substituents is 1. The number of nitrogen functional groups attached to an aromatic ring is 1. The third-order valence-corrected chi connectivity index (χ3v) is 5.42. The molecule has 0 saturated heterocycles. The Bertz CT molecular complexity index is 734. The molecule has 0 spiro atoms. The molecule has 0 radical (unpaired) electrons. The molecule has 0 aliphatic heterocycles. The first-order chi connectivity index (χ1) is 9.90. The first-order valence-corrected chi connectivity index (χ1v) is 8.17. The number of nitrogens with zero attached hydrogens (tertiary/aromatic N) is 1. The summed E-state index contributed by atoms with van der Waals surface area (Å²) >= 11 is 3.22. The number of benzene rings is 2. The Labute approximate surface area is 132 Å². The Hall–Kier alpha value is -1.73. The topological polar surface area (TPSA) is 86.2 Å². The van der Waals surface area contributed by atoms with Gasteiger partial charge in [-0.25, -0.2) is 0 Å². The summed E-state index contributed by atoms with van der Waals surface area (Å²) in [5.41, 5.74) is 7.74. The summed E-state index contributed by atoms with van der Waals surface area (Å²) in [7, 11) is -1.32. The van der Waals surface area contributed by atoms with Crippen LogP contribution in [0.1, 0.15) is 11.1 Å². The average molecular weight is 369 g/mol. The molecular weight excluding hydrogens is 356 g/mol. The summed E-state index contributed by atoms with van der Waals surface area (Å²) in [4.78, 5) is 11.1. The Balaban J connectivity index is 2.34. The summed E-state index contributed by atoms with van der Waals surface area (Å²) in [6.07, 6.45) is 0. The van der Waals surface area contributed by atoms with E-state index in [0.29, 0.717) is 20.6 Å². The lowest BCUT2D eigenvalue weighted by Crippen LogP contribution is -2.02. The maximum Gasteiger partial charge on any atom is 0.283 e. The van der Waals surface area contributed by atoms with Gasteiger partial charge in [-0.3, -0.25) is 14.3 Å². The predicted molar refractivity (Wildman–Crippen MR) is 86.5 cm³/mol. The van der Waals surface area contributed by atoms with Crippen molar-refractivity contribution in [2.75, 3.05) is 5.73 Å².